The van der Waals surface area contributed by atoms with Gasteiger partial charge in [-0.15, -0.1) is 0 Å². The van der Waals surface area contributed by atoms with Crippen LogP contribution in [0.4, 0.5) is 10.5 Å². The Morgan fingerprint density at radius 3 is 2.66 bits per heavy atom. The number of nitrogens with one attached hydrogen (secondary N) is 2. The topological polar surface area (TPSA) is 44.1 Å². The molecule has 0 saturated carbocycles. The summed E-state index contributed by atoms with van der Waals surface area (Å²) in [6.07, 6.45) is 8.69. The summed E-state index contributed by atoms with van der Waals surface area (Å²) < 4.78 is 1.64. The lowest BCUT2D eigenvalue weighted by molar-refractivity contribution is -0.337. The first-order valence-corrected chi connectivity index (χ1v) is 11.3. The lowest BCUT2D eigenvalue weighted by Gasteiger charge is -2.24. The van der Waals surface area contributed by atoms with Crippen molar-refractivity contribution in [3.8, 4) is 11.1 Å². The summed E-state index contributed by atoms with van der Waals surface area (Å²) in [6.45, 7) is 6.27. The predicted octanol–water partition coefficient (Wildman–Crippen LogP) is 5.94. The highest BCUT2D eigenvalue weighted by atomic mass is 35.5. The van der Waals surface area contributed by atoms with Gasteiger partial charge in [0.1, 0.15) is 12.2 Å². The van der Waals surface area contributed by atoms with Crippen LogP contribution in [0.15, 0.2) is 77.9 Å². The largest absolute Gasteiger partial charge is 0.497 e. The number of amides is 2. The van der Waals surface area contributed by atoms with Gasteiger partial charge in [-0.3, -0.25) is 0 Å². The number of hydrogen-bond acceptors (Lipinski definition) is 2. The number of allylic oxidation sites excluding steroid dienone is 5. The molecule has 5 rings (SSSR count). The van der Waals surface area contributed by atoms with Crippen LogP contribution in [0.2, 0.25) is 5.02 Å². The number of hydrogen-bond donors (Lipinski definition) is 2. The summed E-state index contributed by atoms with van der Waals surface area (Å²) >= 11 is 13.2. The third kappa shape index (κ3) is 3.65. The van der Waals surface area contributed by atoms with Gasteiger partial charge in [-0.2, -0.15) is 9.37 Å². The zero-order valence-electron chi connectivity index (χ0n) is 17.4. The average molecular weight is 463 g/mol. The summed E-state index contributed by atoms with van der Waals surface area (Å²) in [6, 6.07) is 11.8. The van der Waals surface area contributed by atoms with Gasteiger partial charge < -0.3 is 5.32 Å². The molecule has 2 amide bonds. The molecule has 0 atom stereocenters. The quantitative estimate of drug-likeness (QED) is 0.542. The van der Waals surface area contributed by atoms with Crippen molar-refractivity contribution in [2.45, 2.75) is 13.0 Å². The van der Waals surface area contributed by atoms with Gasteiger partial charge >= 0.3 is 6.03 Å². The van der Waals surface area contributed by atoms with Crippen LogP contribution in [-0.2, 0) is 6.54 Å². The molecule has 0 bridgehead atoms. The lowest BCUT2D eigenvalue weighted by atomic mass is 9.90. The van der Waals surface area contributed by atoms with Crippen LogP contribution < -0.4 is 10.6 Å². The zero-order chi connectivity index (χ0) is 22.2. The Labute approximate surface area is 197 Å². The van der Waals surface area contributed by atoms with Gasteiger partial charge in [0.25, 0.3) is 0 Å². The second kappa shape index (κ2) is 8.55. The molecule has 0 saturated heterocycles. The van der Waals surface area contributed by atoms with Gasteiger partial charge in [0.05, 0.1) is 5.03 Å². The number of rotatable bonds is 2. The summed E-state index contributed by atoms with van der Waals surface area (Å²) in [7, 11) is 0. The van der Waals surface area contributed by atoms with E-state index < -0.39 is 0 Å². The number of urea groups is 1. The first-order valence-electron chi connectivity index (χ1n) is 10.5. The van der Waals surface area contributed by atoms with Gasteiger partial charge in [0.15, 0.2) is 5.71 Å². The third-order valence-electron chi connectivity index (χ3n) is 5.94. The molecular formula is C26H22Cl2N3O+. The van der Waals surface area contributed by atoms with Crippen molar-refractivity contribution in [3.05, 3.63) is 94.0 Å². The third-order valence-corrected chi connectivity index (χ3v) is 6.58. The molecule has 0 aromatic heterocycles. The van der Waals surface area contributed by atoms with Gasteiger partial charge in [-0.25, -0.2) is 5.32 Å². The number of benzene rings is 2. The number of fused-ring (bicyclic) bond motifs is 1. The van der Waals surface area contributed by atoms with E-state index in [1.807, 2.05) is 36.4 Å². The fourth-order valence-electron chi connectivity index (χ4n) is 4.40. The second-order valence-corrected chi connectivity index (χ2v) is 8.75. The molecule has 4 nitrogen and oxygen atoms in total. The fraction of sp³-hybridized carbons (Fsp3) is 0.154. The lowest BCUT2D eigenvalue weighted by Crippen LogP contribution is -2.39. The standard InChI is InChI=1S/C26H21Cl2N3O/c1-16-6-4-10-23(28)25(16)31-24-13-18(17-7-5-11-29-14-17)12-20(21(24)15-30-26(31)32)19-8-2-3-9-22(19)27/h2-4,6-10,12-13,29H,1,5,11,14-15H2/p+1/b31-25-. The Morgan fingerprint density at radius 1 is 1.06 bits per heavy atom. The molecule has 3 aliphatic rings. The first kappa shape index (κ1) is 21.0. The molecule has 2 aromatic rings. The summed E-state index contributed by atoms with van der Waals surface area (Å²) in [5, 5.41) is 7.58. The Kier molecular flexibility index (Phi) is 5.60. The van der Waals surface area contributed by atoms with E-state index >= 15 is 0 Å². The second-order valence-electron chi connectivity index (χ2n) is 7.94. The fourth-order valence-corrected chi connectivity index (χ4v) is 4.91. The van der Waals surface area contributed by atoms with Gasteiger partial charge in [-0.05, 0) is 53.9 Å². The number of carbonyl (C=O) groups excluding carboxylic acids is 1. The van der Waals surface area contributed by atoms with Crippen molar-refractivity contribution in [1.82, 2.24) is 10.6 Å². The highest BCUT2D eigenvalue weighted by Crippen LogP contribution is 2.40. The van der Waals surface area contributed by atoms with Crippen molar-refractivity contribution in [3.63, 3.8) is 0 Å². The molecule has 160 valence electrons. The Hall–Kier alpha value is -2.92. The molecule has 1 aliphatic carbocycles. The van der Waals surface area contributed by atoms with E-state index in [1.54, 1.807) is 10.7 Å². The van der Waals surface area contributed by atoms with E-state index in [-0.39, 0.29) is 6.03 Å². The van der Waals surface area contributed by atoms with Crippen LogP contribution in [0, 0.1) is 0 Å². The monoisotopic (exact) mass is 462 g/mol. The van der Waals surface area contributed by atoms with Crippen LogP contribution in [0.3, 0.4) is 0 Å². The maximum atomic E-state index is 13.1. The van der Waals surface area contributed by atoms with E-state index in [0.717, 1.165) is 47.5 Å². The van der Waals surface area contributed by atoms with E-state index in [4.69, 9.17) is 23.2 Å². The number of carbonyl (C=O) groups is 1. The molecular weight excluding hydrogens is 441 g/mol. The van der Waals surface area contributed by atoms with Crippen molar-refractivity contribution < 1.29 is 9.37 Å². The van der Waals surface area contributed by atoms with Crippen LogP contribution in [0.5, 0.6) is 0 Å². The van der Waals surface area contributed by atoms with E-state index in [0.29, 0.717) is 27.9 Å². The van der Waals surface area contributed by atoms with Crippen LogP contribution in [-0.4, -0.2) is 29.4 Å². The summed E-state index contributed by atoms with van der Waals surface area (Å²) in [5.41, 5.74) is 7.25. The minimum atomic E-state index is -0.228. The molecule has 6 heteroatoms. The van der Waals surface area contributed by atoms with Crippen LogP contribution in [0.25, 0.3) is 16.7 Å². The van der Waals surface area contributed by atoms with E-state index in [9.17, 15) is 4.79 Å². The Bertz CT molecular complexity index is 1280. The Morgan fingerprint density at radius 2 is 1.91 bits per heavy atom. The molecule has 0 spiro atoms. The van der Waals surface area contributed by atoms with Gasteiger partial charge in [-0.1, -0.05) is 66.2 Å². The highest BCUT2D eigenvalue weighted by molar-refractivity contribution is 6.46. The molecule has 0 unspecified atom stereocenters. The van der Waals surface area contributed by atoms with Gasteiger partial charge in [0, 0.05) is 28.3 Å². The first-order chi connectivity index (χ1) is 15.5. The normalized spacial score (nSPS) is 20.4. The van der Waals surface area contributed by atoms with E-state index in [2.05, 4.69) is 35.4 Å². The number of halogens is 2. The van der Waals surface area contributed by atoms with E-state index in [1.165, 1.54) is 5.57 Å². The van der Waals surface area contributed by atoms with Crippen LogP contribution >= 0.6 is 23.2 Å². The zero-order valence-corrected chi connectivity index (χ0v) is 18.9. The molecule has 2 aliphatic heterocycles. The predicted molar refractivity (Wildman–Crippen MR) is 132 cm³/mol. The molecule has 32 heavy (non-hydrogen) atoms. The SMILES string of the molecule is C=C1C=CC=C(Cl)/C1=[N+]1\C(=O)NCc2c(-c3ccccc3Cl)cc(C3=CCCNC3)cc21. The van der Waals surface area contributed by atoms with Crippen molar-refractivity contribution in [2.75, 3.05) is 13.1 Å². The molecule has 0 fully saturated rings. The molecule has 2 aromatic carbocycles. The van der Waals surface area contributed by atoms with Crippen molar-refractivity contribution >= 4 is 46.2 Å². The molecule has 0 radical (unpaired) electrons. The highest BCUT2D eigenvalue weighted by Gasteiger charge is 2.35. The average Bonchev–Trinajstić information content (AvgIpc) is 2.80. The van der Waals surface area contributed by atoms with Crippen LogP contribution in [0.1, 0.15) is 17.5 Å². The summed E-state index contributed by atoms with van der Waals surface area (Å²) in [4.78, 5) is 13.1. The minimum Gasteiger partial charge on any atom is -0.312 e. The smallest absolute Gasteiger partial charge is 0.312 e. The minimum absolute atomic E-state index is 0.228. The number of nitrogens with zero attached hydrogens (tertiary/aromatic N) is 1. The maximum absolute atomic E-state index is 13.1. The van der Waals surface area contributed by atoms with Gasteiger partial charge in [0.2, 0.25) is 0 Å². The summed E-state index contributed by atoms with van der Waals surface area (Å²) in [5.74, 6) is 0. The molecule has 2 heterocycles. The maximum Gasteiger partial charge on any atom is 0.497 e. The Balaban J connectivity index is 1.83. The van der Waals surface area contributed by atoms with Crippen molar-refractivity contribution in [2.24, 2.45) is 0 Å². The van der Waals surface area contributed by atoms with Crippen molar-refractivity contribution in [1.29, 1.82) is 0 Å². The molecule has 2 N–H and O–H groups in total.